The number of nitrogens with zero attached hydrogens (tertiary/aromatic N) is 9. The number of rotatable bonds is 4. The molecule has 0 saturated carbocycles. The Balaban J connectivity index is 0.000000225. The van der Waals surface area contributed by atoms with E-state index in [0.29, 0.717) is 22.8 Å². The van der Waals surface area contributed by atoms with Crippen molar-refractivity contribution in [3.63, 3.8) is 0 Å². The number of pyridine rings is 4. The summed E-state index contributed by atoms with van der Waals surface area (Å²) in [6, 6.07) is 20.4. The van der Waals surface area contributed by atoms with Crippen molar-refractivity contribution < 1.29 is 108 Å². The number of H-pyrrole nitrogens is 1. The fraction of sp³-hybridized carbons (Fsp3) is 0.0769. The van der Waals surface area contributed by atoms with Gasteiger partial charge in [0.1, 0.15) is 11.5 Å². The van der Waals surface area contributed by atoms with Gasteiger partial charge in [0.25, 0.3) is 0 Å². The second kappa shape index (κ2) is 18.9. The Morgan fingerprint density at radius 2 is 1.09 bits per heavy atom. The molecule has 21 heteroatoms. The summed E-state index contributed by atoms with van der Waals surface area (Å²) in [7, 11) is 9.87. The molecule has 0 saturated heterocycles. The number of hydrogen-bond donors (Lipinski definition) is 1. The van der Waals surface area contributed by atoms with Crippen molar-refractivity contribution >= 4 is 21.2 Å². The molecule has 6 rings (SSSR count). The second-order valence-corrected chi connectivity index (χ2v) is 40.6. The van der Waals surface area contributed by atoms with E-state index in [2.05, 4.69) is 66.4 Å². The van der Waals surface area contributed by atoms with E-state index >= 15 is 0 Å². The Morgan fingerprint density at radius 3 is 1.53 bits per heavy atom. The van der Waals surface area contributed by atoms with E-state index in [1.807, 2.05) is 5.10 Å². The van der Waals surface area contributed by atoms with Gasteiger partial charge < -0.3 is 10.1 Å². The predicted octanol–water partition coefficient (Wildman–Crippen LogP) is 8.06. The molecule has 0 aliphatic carbocycles. The largest absolute Gasteiger partial charge is 0 e. The van der Waals surface area contributed by atoms with Gasteiger partial charge in [-0.05, 0) is 54.4 Å². The van der Waals surface area contributed by atoms with Gasteiger partial charge >= 0.3 is 65.5 Å². The minimum Gasteiger partial charge on any atom is 0 e. The van der Waals surface area contributed by atoms with Crippen LogP contribution in [0.25, 0.3) is 45.8 Å². The molecule has 10 nitrogen and oxygen atoms in total. The first-order chi connectivity index (χ1) is 21.8. The van der Waals surface area contributed by atoms with Crippen LogP contribution >= 0.6 is 21.2 Å². The van der Waals surface area contributed by atoms with Gasteiger partial charge in [0, 0.05) is 61.8 Å². The quantitative estimate of drug-likeness (QED) is 0.174. The Hall–Kier alpha value is -0.931. The van der Waals surface area contributed by atoms with Crippen LogP contribution in [0.4, 0.5) is 26.3 Å². The molecular formula is C26H15Br3Eu2F6N10-. The van der Waals surface area contributed by atoms with E-state index in [9.17, 15) is 26.3 Å². The van der Waals surface area contributed by atoms with Crippen LogP contribution in [0.15, 0.2) is 85.2 Å². The van der Waals surface area contributed by atoms with Crippen LogP contribution in [0.1, 0.15) is 11.6 Å². The fourth-order valence-corrected chi connectivity index (χ4v) is 3.40. The van der Waals surface area contributed by atoms with E-state index in [4.69, 9.17) is 0 Å². The van der Waals surface area contributed by atoms with Crippen LogP contribution in [-0.2, 0) is 12.4 Å². The van der Waals surface area contributed by atoms with Crippen molar-refractivity contribution in [1.82, 2.24) is 50.3 Å². The molecule has 247 valence electrons. The number of hydrogen-bond acceptors (Lipinski definition) is 8. The molecular weight excluding hydrogens is 1110 g/mol. The molecule has 0 fully saturated rings. The van der Waals surface area contributed by atoms with E-state index in [-0.39, 0.29) is 72.4 Å². The normalized spacial score (nSPS) is 11.3. The zero-order valence-corrected chi connectivity index (χ0v) is 32.4. The Morgan fingerprint density at radius 1 is 0.596 bits per heavy atom. The van der Waals surface area contributed by atoms with Crippen LogP contribution < -0.4 is 5.10 Å². The van der Waals surface area contributed by atoms with Crippen molar-refractivity contribution in [2.45, 2.75) is 12.4 Å². The summed E-state index contributed by atoms with van der Waals surface area (Å²) in [5.41, 5.74) is 2.73. The van der Waals surface area contributed by atoms with Gasteiger partial charge in [0.2, 0.25) is 5.82 Å². The zero-order chi connectivity index (χ0) is 33.3. The zero-order valence-electron chi connectivity index (χ0n) is 22.8. The molecule has 1 N–H and O–H groups in total. The molecule has 0 spiro atoms. The van der Waals surface area contributed by atoms with Gasteiger partial charge in [-0.15, -0.1) is 0 Å². The molecule has 6 heterocycles. The molecule has 0 aliphatic heterocycles. The number of aromatic amines is 1. The summed E-state index contributed by atoms with van der Waals surface area (Å²) in [6.45, 7) is 0. The van der Waals surface area contributed by atoms with E-state index in [1.54, 1.807) is 73.1 Å². The number of aromatic nitrogens is 10. The SMILES string of the molecule is FC(F)(F)c1n[n-]c(-c2cccc(-c3ccccn3)n2)n1.FC(F)(F)c1nc(-c2cccc(-c3ccccn3)n2)n[nH]1.[Br][Eu]([Br])[Br].[Eu]. The molecule has 1 radical (unpaired) electrons. The van der Waals surface area contributed by atoms with Crippen molar-refractivity contribution in [2.24, 2.45) is 0 Å². The minimum absolute atomic E-state index is 0. The van der Waals surface area contributed by atoms with E-state index in [0.717, 1.165) is 0 Å². The molecule has 0 atom stereocenters. The third-order valence-corrected chi connectivity index (χ3v) is 5.27. The van der Waals surface area contributed by atoms with Gasteiger partial charge in [-0.2, -0.15) is 31.4 Å². The summed E-state index contributed by atoms with van der Waals surface area (Å²) in [4.78, 5) is 23.5. The first-order valence-electron chi connectivity index (χ1n) is 12.2. The van der Waals surface area contributed by atoms with Gasteiger partial charge in [-0.1, -0.05) is 24.3 Å². The first kappa shape index (κ1) is 40.5. The summed E-state index contributed by atoms with van der Waals surface area (Å²) in [5.74, 6) is -2.70. The van der Waals surface area contributed by atoms with E-state index < -0.39 is 55.9 Å². The van der Waals surface area contributed by atoms with Crippen LogP contribution in [0.3, 0.4) is 0 Å². The van der Waals surface area contributed by atoms with Crippen LogP contribution in [-0.4, -0.2) is 45.2 Å². The Bertz CT molecular complexity index is 1710. The van der Waals surface area contributed by atoms with Crippen molar-refractivity contribution in [3.05, 3.63) is 96.8 Å². The minimum atomic E-state index is -4.62. The maximum Gasteiger partial charge on any atom is 0 e. The van der Waals surface area contributed by atoms with Crippen molar-refractivity contribution in [1.29, 1.82) is 0 Å². The maximum atomic E-state index is 12.5. The maximum absolute atomic E-state index is 12.5. The summed E-state index contributed by atoms with van der Waals surface area (Å²) >= 11 is -1.03. The third kappa shape index (κ3) is 12.7. The number of alkyl halides is 6. The second-order valence-electron chi connectivity index (χ2n) is 8.37. The van der Waals surface area contributed by atoms with Crippen LogP contribution in [0.5, 0.6) is 0 Å². The standard InChI is InChI=1S/C13H8F3N5.C13H7F3N5.3BrH.2Eu/c2*14-13(15,16)12-19-11(20-21-12)10-6-3-5-9(18-10)8-4-1-2-7-17-8;;;;;/h1-7H,(H,19,20,21);1-7H;3*1H;;/q;-1;;;;;+3/p-3. The molecule has 6 aromatic rings. The molecule has 0 amide bonds. The average molecular weight is 1130 g/mol. The number of halogens is 9. The molecule has 0 aliphatic rings. The Labute approximate surface area is 328 Å². The molecule has 0 bridgehead atoms. The average Bonchev–Trinajstić information content (AvgIpc) is 3.74. The van der Waals surface area contributed by atoms with Crippen LogP contribution in [0, 0.1) is 81.3 Å². The van der Waals surface area contributed by atoms with Gasteiger partial charge in [0.15, 0.2) is 5.82 Å². The molecule has 47 heavy (non-hydrogen) atoms. The molecule has 0 aromatic carbocycles. The molecule has 6 aromatic heterocycles. The monoisotopic (exact) mass is 1120 g/mol. The van der Waals surface area contributed by atoms with Gasteiger partial charge in [0.05, 0.1) is 28.5 Å². The van der Waals surface area contributed by atoms with Gasteiger partial charge in [-0.3, -0.25) is 20.2 Å². The summed E-state index contributed by atoms with van der Waals surface area (Å²) < 4.78 is 74.9. The van der Waals surface area contributed by atoms with Crippen molar-refractivity contribution in [2.75, 3.05) is 0 Å². The predicted molar refractivity (Wildman–Crippen MR) is 161 cm³/mol. The summed E-state index contributed by atoms with van der Waals surface area (Å²) in [6.07, 6.45) is -5.97. The third-order valence-electron chi connectivity index (χ3n) is 5.27. The number of nitrogens with one attached hydrogen (secondary N) is 1. The fourth-order valence-electron chi connectivity index (χ4n) is 3.40. The van der Waals surface area contributed by atoms with Crippen LogP contribution in [0.2, 0.25) is 0 Å². The van der Waals surface area contributed by atoms with E-state index in [1.165, 1.54) is 12.1 Å². The first-order valence-corrected chi connectivity index (χ1v) is 28.3. The Kier molecular flexibility index (Phi) is 16.3. The summed E-state index contributed by atoms with van der Waals surface area (Å²) in [5, 5.41) is 11.9. The topological polar surface area (TPSA) is 133 Å². The molecule has 0 unspecified atom stereocenters. The van der Waals surface area contributed by atoms with Crippen molar-refractivity contribution in [3.8, 4) is 45.8 Å². The smallest absolute Gasteiger partial charge is 0 e. The van der Waals surface area contributed by atoms with Gasteiger partial charge in [-0.25, -0.2) is 15.0 Å².